The van der Waals surface area contributed by atoms with Gasteiger partial charge in [0.1, 0.15) is 0 Å². The number of hydrogen-bond acceptors (Lipinski definition) is 2. The topological polar surface area (TPSA) is 20.2 Å². The van der Waals surface area contributed by atoms with Crippen LogP contribution in [0.2, 0.25) is 0 Å². The Bertz CT molecular complexity index is 251. The lowest BCUT2D eigenvalue weighted by molar-refractivity contribution is 0.198. The third kappa shape index (κ3) is 3.75. The van der Waals surface area contributed by atoms with Crippen molar-refractivity contribution in [2.24, 2.45) is 0 Å². The molecule has 0 amide bonds. The van der Waals surface area contributed by atoms with Crippen LogP contribution < -0.4 is 0 Å². The summed E-state index contributed by atoms with van der Waals surface area (Å²) in [7, 11) is 0. The van der Waals surface area contributed by atoms with Gasteiger partial charge in [-0.25, -0.2) is 0 Å². The molecule has 1 atom stereocenters. The van der Waals surface area contributed by atoms with Crippen LogP contribution in [0.1, 0.15) is 24.6 Å². The summed E-state index contributed by atoms with van der Waals surface area (Å²) in [6.07, 6.45) is 2.61. The predicted molar refractivity (Wildman–Crippen MR) is 58.1 cm³/mol. The Morgan fingerprint density at radius 1 is 1.69 bits per heavy atom. The third-order valence-corrected chi connectivity index (χ3v) is 2.99. The van der Waals surface area contributed by atoms with Crippen LogP contribution in [-0.2, 0) is 6.42 Å². The monoisotopic (exact) mass is 196 g/mol. The minimum absolute atomic E-state index is 0.319. The second kappa shape index (κ2) is 5.20. The average Bonchev–Trinajstić information content (AvgIpc) is 2.56. The molecular formula is C11H16OS. The summed E-state index contributed by atoms with van der Waals surface area (Å²) < 4.78 is 0. The van der Waals surface area contributed by atoms with Crippen LogP contribution in [0.5, 0.6) is 0 Å². The molecule has 0 bridgehead atoms. The van der Waals surface area contributed by atoms with Gasteiger partial charge in [0.05, 0.1) is 6.10 Å². The standard InChI is InChI=1S/C11H16OS/c1-9(2)11(12)7-3-5-10-6-4-8-13-10/h4,6,8,11-12H,1,3,5,7H2,2H3. The summed E-state index contributed by atoms with van der Waals surface area (Å²) in [5.74, 6) is 0. The first-order valence-electron chi connectivity index (χ1n) is 4.56. The molecule has 0 aliphatic rings. The first-order chi connectivity index (χ1) is 6.20. The zero-order valence-corrected chi connectivity index (χ0v) is 8.81. The van der Waals surface area contributed by atoms with Gasteiger partial charge in [-0.2, -0.15) is 0 Å². The van der Waals surface area contributed by atoms with Gasteiger partial charge in [-0.3, -0.25) is 0 Å². The highest BCUT2D eigenvalue weighted by Crippen LogP contribution is 2.14. The molecule has 1 heterocycles. The van der Waals surface area contributed by atoms with Gasteiger partial charge >= 0.3 is 0 Å². The van der Waals surface area contributed by atoms with E-state index >= 15 is 0 Å². The molecule has 0 radical (unpaired) electrons. The molecule has 1 aromatic heterocycles. The Morgan fingerprint density at radius 3 is 3.00 bits per heavy atom. The van der Waals surface area contributed by atoms with Crippen molar-refractivity contribution in [2.45, 2.75) is 32.3 Å². The van der Waals surface area contributed by atoms with Crippen LogP contribution in [0.15, 0.2) is 29.7 Å². The Kier molecular flexibility index (Phi) is 4.19. The van der Waals surface area contributed by atoms with Crippen molar-refractivity contribution in [1.82, 2.24) is 0 Å². The van der Waals surface area contributed by atoms with Crippen molar-refractivity contribution < 1.29 is 5.11 Å². The highest BCUT2D eigenvalue weighted by atomic mass is 32.1. The fourth-order valence-corrected chi connectivity index (χ4v) is 1.92. The van der Waals surface area contributed by atoms with Crippen molar-refractivity contribution in [1.29, 1.82) is 0 Å². The van der Waals surface area contributed by atoms with Crippen molar-refractivity contribution in [2.75, 3.05) is 0 Å². The van der Waals surface area contributed by atoms with E-state index in [1.165, 1.54) is 4.88 Å². The normalized spacial score (nSPS) is 12.8. The molecule has 72 valence electrons. The van der Waals surface area contributed by atoms with Crippen LogP contribution in [0.4, 0.5) is 0 Å². The number of thiophene rings is 1. The predicted octanol–water partition coefficient (Wildman–Crippen LogP) is 3.01. The van der Waals surface area contributed by atoms with Crippen molar-refractivity contribution in [3.63, 3.8) is 0 Å². The molecule has 0 aromatic carbocycles. The Morgan fingerprint density at radius 2 is 2.46 bits per heavy atom. The van der Waals surface area contributed by atoms with Gasteiger partial charge in [0.2, 0.25) is 0 Å². The molecule has 0 saturated carbocycles. The molecule has 1 N–H and O–H groups in total. The molecule has 1 aromatic rings. The van der Waals surface area contributed by atoms with Crippen LogP contribution >= 0.6 is 11.3 Å². The molecular weight excluding hydrogens is 180 g/mol. The molecule has 1 unspecified atom stereocenters. The van der Waals surface area contributed by atoms with Gasteiger partial charge in [-0.1, -0.05) is 18.2 Å². The first kappa shape index (κ1) is 10.5. The van der Waals surface area contributed by atoms with Gasteiger partial charge in [0, 0.05) is 4.88 Å². The maximum atomic E-state index is 9.46. The summed E-state index contributed by atoms with van der Waals surface area (Å²) in [6, 6.07) is 4.20. The van der Waals surface area contributed by atoms with E-state index in [1.54, 1.807) is 11.3 Å². The zero-order valence-electron chi connectivity index (χ0n) is 7.99. The molecule has 1 nitrogen and oxygen atoms in total. The van der Waals surface area contributed by atoms with E-state index in [-0.39, 0.29) is 6.10 Å². The van der Waals surface area contributed by atoms with E-state index in [1.807, 2.05) is 6.92 Å². The second-order valence-corrected chi connectivity index (χ2v) is 4.37. The number of aliphatic hydroxyl groups is 1. The smallest absolute Gasteiger partial charge is 0.0744 e. The molecule has 0 saturated heterocycles. The Labute approximate surface area is 83.7 Å². The third-order valence-electron chi connectivity index (χ3n) is 2.05. The lowest BCUT2D eigenvalue weighted by Gasteiger charge is -2.08. The first-order valence-corrected chi connectivity index (χ1v) is 5.44. The maximum absolute atomic E-state index is 9.46. The zero-order chi connectivity index (χ0) is 9.68. The van der Waals surface area contributed by atoms with Crippen molar-refractivity contribution in [3.8, 4) is 0 Å². The fourth-order valence-electron chi connectivity index (χ4n) is 1.17. The van der Waals surface area contributed by atoms with Gasteiger partial charge in [0.15, 0.2) is 0 Å². The van der Waals surface area contributed by atoms with Crippen LogP contribution in [0.25, 0.3) is 0 Å². The number of rotatable bonds is 5. The summed E-state index contributed by atoms with van der Waals surface area (Å²) in [5, 5.41) is 11.5. The van der Waals surface area contributed by atoms with E-state index in [0.29, 0.717) is 0 Å². The highest BCUT2D eigenvalue weighted by Gasteiger charge is 2.03. The lowest BCUT2D eigenvalue weighted by Crippen LogP contribution is -2.06. The molecule has 0 fully saturated rings. The summed E-state index contributed by atoms with van der Waals surface area (Å²) >= 11 is 1.78. The van der Waals surface area contributed by atoms with E-state index < -0.39 is 0 Å². The maximum Gasteiger partial charge on any atom is 0.0744 e. The minimum Gasteiger partial charge on any atom is -0.389 e. The average molecular weight is 196 g/mol. The van der Waals surface area contributed by atoms with E-state index in [4.69, 9.17) is 0 Å². The van der Waals surface area contributed by atoms with Gasteiger partial charge in [-0.15, -0.1) is 11.3 Å². The van der Waals surface area contributed by atoms with Crippen molar-refractivity contribution in [3.05, 3.63) is 34.5 Å². The largest absolute Gasteiger partial charge is 0.389 e. The summed E-state index contributed by atoms with van der Waals surface area (Å²) in [4.78, 5) is 1.40. The van der Waals surface area contributed by atoms with E-state index in [2.05, 4.69) is 24.1 Å². The number of aliphatic hydroxyl groups excluding tert-OH is 1. The molecule has 0 aliphatic heterocycles. The molecule has 2 heteroatoms. The van der Waals surface area contributed by atoms with Crippen LogP contribution in [-0.4, -0.2) is 11.2 Å². The van der Waals surface area contributed by atoms with Crippen LogP contribution in [0.3, 0.4) is 0 Å². The number of aryl methyl sites for hydroxylation is 1. The molecule has 0 spiro atoms. The molecule has 0 aliphatic carbocycles. The van der Waals surface area contributed by atoms with Gasteiger partial charge < -0.3 is 5.11 Å². The van der Waals surface area contributed by atoms with Gasteiger partial charge in [0.25, 0.3) is 0 Å². The molecule has 1 rings (SSSR count). The highest BCUT2D eigenvalue weighted by molar-refractivity contribution is 7.09. The SMILES string of the molecule is C=C(C)C(O)CCCc1cccs1. The molecule has 13 heavy (non-hydrogen) atoms. The quantitative estimate of drug-likeness (QED) is 0.718. The fraction of sp³-hybridized carbons (Fsp3) is 0.455. The van der Waals surface area contributed by atoms with E-state index in [0.717, 1.165) is 24.8 Å². The van der Waals surface area contributed by atoms with Crippen molar-refractivity contribution >= 4 is 11.3 Å². The minimum atomic E-state index is -0.319. The summed E-state index contributed by atoms with van der Waals surface area (Å²) in [6.45, 7) is 5.59. The Balaban J connectivity index is 2.18. The van der Waals surface area contributed by atoms with Crippen LogP contribution in [0, 0.1) is 0 Å². The Hall–Kier alpha value is -0.600. The van der Waals surface area contributed by atoms with Gasteiger partial charge in [-0.05, 0) is 37.6 Å². The second-order valence-electron chi connectivity index (χ2n) is 3.33. The lowest BCUT2D eigenvalue weighted by atomic mass is 10.1. The number of hydrogen-bond donors (Lipinski definition) is 1. The van der Waals surface area contributed by atoms with E-state index in [9.17, 15) is 5.11 Å². The summed E-state index contributed by atoms with van der Waals surface area (Å²) in [5.41, 5.74) is 0.867.